The van der Waals surface area contributed by atoms with Gasteiger partial charge in [-0.05, 0) is 25.0 Å². The lowest BCUT2D eigenvalue weighted by Gasteiger charge is -2.14. The van der Waals surface area contributed by atoms with Crippen molar-refractivity contribution < 1.29 is 4.79 Å². The molecule has 4 heteroatoms. The van der Waals surface area contributed by atoms with Crippen LogP contribution in [0.15, 0.2) is 23.1 Å². The van der Waals surface area contributed by atoms with Crippen molar-refractivity contribution >= 4 is 40.7 Å². The predicted octanol–water partition coefficient (Wildman–Crippen LogP) is 4.99. The molecule has 0 spiro atoms. The zero-order chi connectivity index (χ0) is 12.3. The van der Waals surface area contributed by atoms with Crippen LogP contribution >= 0.6 is 35.0 Å². The third-order valence-electron chi connectivity index (χ3n) is 2.93. The Morgan fingerprint density at radius 2 is 1.82 bits per heavy atom. The molecule has 0 aliphatic heterocycles. The average molecular weight is 289 g/mol. The van der Waals surface area contributed by atoms with Crippen LogP contribution < -0.4 is 0 Å². The quantitative estimate of drug-likeness (QED) is 0.714. The number of carbonyl (C=O) groups is 1. The summed E-state index contributed by atoms with van der Waals surface area (Å²) in [5.41, 5.74) is 0. The van der Waals surface area contributed by atoms with E-state index in [1.165, 1.54) is 11.8 Å². The second-order valence-electron chi connectivity index (χ2n) is 4.22. The van der Waals surface area contributed by atoms with Crippen LogP contribution in [0.3, 0.4) is 0 Å². The van der Waals surface area contributed by atoms with Gasteiger partial charge < -0.3 is 0 Å². The van der Waals surface area contributed by atoms with E-state index in [9.17, 15) is 4.79 Å². The number of halogens is 2. The highest BCUT2D eigenvalue weighted by Crippen LogP contribution is 2.39. The zero-order valence-corrected chi connectivity index (χ0v) is 11.7. The summed E-state index contributed by atoms with van der Waals surface area (Å²) in [7, 11) is 0. The van der Waals surface area contributed by atoms with Gasteiger partial charge in [0.2, 0.25) is 0 Å². The highest BCUT2D eigenvalue weighted by atomic mass is 35.5. The van der Waals surface area contributed by atoms with Crippen molar-refractivity contribution in [1.82, 2.24) is 0 Å². The molecule has 1 aliphatic rings. The first-order valence-corrected chi connectivity index (χ1v) is 7.45. The Kier molecular flexibility index (Phi) is 4.78. The molecule has 92 valence electrons. The molecular weight excluding hydrogens is 275 g/mol. The first-order chi connectivity index (χ1) is 8.18. The zero-order valence-electron chi connectivity index (χ0n) is 9.42. The van der Waals surface area contributed by atoms with Gasteiger partial charge >= 0.3 is 0 Å². The molecule has 0 aromatic heterocycles. The third-order valence-corrected chi connectivity index (χ3v) is 5.24. The molecular formula is C13H14Cl2OS. The molecule has 0 N–H and O–H groups in total. The second kappa shape index (κ2) is 6.12. The van der Waals surface area contributed by atoms with E-state index in [1.807, 2.05) is 18.2 Å². The van der Waals surface area contributed by atoms with Crippen molar-refractivity contribution in [2.45, 2.75) is 42.2 Å². The van der Waals surface area contributed by atoms with Crippen LogP contribution in [-0.2, 0) is 4.79 Å². The molecule has 1 fully saturated rings. The monoisotopic (exact) mass is 288 g/mol. The van der Waals surface area contributed by atoms with Crippen molar-refractivity contribution in [3.8, 4) is 0 Å². The summed E-state index contributed by atoms with van der Waals surface area (Å²) in [4.78, 5) is 12.8. The number of Topliss-reactive ketones (excluding diaryl/α,β-unsaturated/α-hetero) is 1. The van der Waals surface area contributed by atoms with Crippen LogP contribution in [0.5, 0.6) is 0 Å². The number of ketones is 1. The fourth-order valence-electron chi connectivity index (χ4n) is 1.99. The number of thioether (sulfide) groups is 1. The van der Waals surface area contributed by atoms with Crippen molar-refractivity contribution in [2.75, 3.05) is 0 Å². The van der Waals surface area contributed by atoms with Gasteiger partial charge in [-0.25, -0.2) is 0 Å². The molecule has 1 saturated carbocycles. The largest absolute Gasteiger partial charge is 0.298 e. The molecule has 1 aromatic carbocycles. The van der Waals surface area contributed by atoms with Crippen LogP contribution in [-0.4, -0.2) is 11.0 Å². The molecule has 17 heavy (non-hydrogen) atoms. The van der Waals surface area contributed by atoms with Crippen LogP contribution in [0.2, 0.25) is 10.0 Å². The van der Waals surface area contributed by atoms with Gasteiger partial charge in [-0.1, -0.05) is 42.1 Å². The maximum Gasteiger partial charge on any atom is 0.146 e. The van der Waals surface area contributed by atoms with Crippen LogP contribution in [0.1, 0.15) is 32.1 Å². The fourth-order valence-corrected chi connectivity index (χ4v) is 3.83. The van der Waals surface area contributed by atoms with Gasteiger partial charge in [0.15, 0.2) is 0 Å². The van der Waals surface area contributed by atoms with E-state index >= 15 is 0 Å². The standard InChI is InChI=1S/C13H14Cl2OS/c14-9-5-4-6-10(15)13(9)17-12-8-3-1-2-7-11(12)16/h4-6,12H,1-3,7-8H2. The lowest BCUT2D eigenvalue weighted by Crippen LogP contribution is -2.14. The summed E-state index contributed by atoms with van der Waals surface area (Å²) in [5.74, 6) is 0.337. The summed E-state index contributed by atoms with van der Waals surface area (Å²) in [6, 6.07) is 5.46. The summed E-state index contributed by atoms with van der Waals surface area (Å²) < 4.78 is 0. The first kappa shape index (κ1) is 13.3. The number of hydrogen-bond donors (Lipinski definition) is 0. The lowest BCUT2D eigenvalue weighted by atomic mass is 10.2. The van der Waals surface area contributed by atoms with Gasteiger partial charge in [0.1, 0.15) is 5.78 Å². The Morgan fingerprint density at radius 3 is 2.53 bits per heavy atom. The van der Waals surface area contributed by atoms with Gasteiger partial charge in [-0.15, -0.1) is 11.8 Å². The van der Waals surface area contributed by atoms with E-state index in [-0.39, 0.29) is 5.25 Å². The number of hydrogen-bond acceptors (Lipinski definition) is 2. The third kappa shape index (κ3) is 3.40. The second-order valence-corrected chi connectivity index (χ2v) is 6.25. The molecule has 0 bridgehead atoms. The summed E-state index contributed by atoms with van der Waals surface area (Å²) in [6.45, 7) is 0. The van der Waals surface area contributed by atoms with Crippen molar-refractivity contribution in [3.05, 3.63) is 28.2 Å². The molecule has 1 nitrogen and oxygen atoms in total. The van der Waals surface area contributed by atoms with Crippen molar-refractivity contribution in [3.63, 3.8) is 0 Å². The maximum atomic E-state index is 11.9. The predicted molar refractivity (Wildman–Crippen MR) is 74.2 cm³/mol. The first-order valence-electron chi connectivity index (χ1n) is 5.82. The average Bonchev–Trinajstić information content (AvgIpc) is 2.49. The normalized spacial score (nSPS) is 21.3. The van der Waals surface area contributed by atoms with E-state index in [0.717, 1.165) is 30.6 Å². The summed E-state index contributed by atoms with van der Waals surface area (Å²) in [6.07, 6.45) is 4.92. The Balaban J connectivity index is 2.16. The van der Waals surface area contributed by atoms with Gasteiger partial charge in [-0.3, -0.25) is 4.79 Å². The van der Waals surface area contributed by atoms with Crippen LogP contribution in [0, 0.1) is 0 Å². The molecule has 1 aliphatic carbocycles. The maximum absolute atomic E-state index is 11.9. The highest BCUT2D eigenvalue weighted by Gasteiger charge is 2.23. The van der Waals surface area contributed by atoms with E-state index in [4.69, 9.17) is 23.2 Å². The Hall–Kier alpha value is -0.180. The summed E-state index contributed by atoms with van der Waals surface area (Å²) >= 11 is 13.8. The topological polar surface area (TPSA) is 17.1 Å². The van der Waals surface area contributed by atoms with E-state index < -0.39 is 0 Å². The minimum Gasteiger partial charge on any atom is -0.298 e. The molecule has 0 radical (unpaired) electrons. The van der Waals surface area contributed by atoms with Crippen molar-refractivity contribution in [1.29, 1.82) is 0 Å². The number of carbonyl (C=O) groups excluding carboxylic acids is 1. The SMILES string of the molecule is O=C1CCCCCC1Sc1c(Cl)cccc1Cl. The highest BCUT2D eigenvalue weighted by molar-refractivity contribution is 8.00. The van der Waals surface area contributed by atoms with E-state index in [1.54, 1.807) is 0 Å². The summed E-state index contributed by atoms with van der Waals surface area (Å²) in [5, 5.41) is 1.30. The number of benzene rings is 1. The fraction of sp³-hybridized carbons (Fsp3) is 0.462. The molecule has 2 rings (SSSR count). The Bertz CT molecular complexity index is 400. The molecule has 0 amide bonds. The minimum absolute atomic E-state index is 0.0231. The van der Waals surface area contributed by atoms with E-state index in [0.29, 0.717) is 22.2 Å². The molecule has 1 atom stereocenters. The molecule has 0 heterocycles. The van der Waals surface area contributed by atoms with Gasteiger partial charge in [-0.2, -0.15) is 0 Å². The van der Waals surface area contributed by atoms with Crippen molar-refractivity contribution in [2.24, 2.45) is 0 Å². The lowest BCUT2D eigenvalue weighted by molar-refractivity contribution is -0.118. The van der Waals surface area contributed by atoms with Gasteiger partial charge in [0.05, 0.1) is 15.3 Å². The molecule has 0 saturated heterocycles. The van der Waals surface area contributed by atoms with Gasteiger partial charge in [0.25, 0.3) is 0 Å². The van der Waals surface area contributed by atoms with Gasteiger partial charge in [0, 0.05) is 11.3 Å². The smallest absolute Gasteiger partial charge is 0.146 e. The van der Waals surface area contributed by atoms with E-state index in [2.05, 4.69) is 0 Å². The van der Waals surface area contributed by atoms with Crippen LogP contribution in [0.4, 0.5) is 0 Å². The number of rotatable bonds is 2. The molecule has 1 unspecified atom stereocenters. The Morgan fingerprint density at radius 1 is 1.12 bits per heavy atom. The Labute approximate surface area is 116 Å². The minimum atomic E-state index is 0.0231. The van der Waals surface area contributed by atoms with Crippen LogP contribution in [0.25, 0.3) is 0 Å². The molecule has 1 aromatic rings.